The molecule has 0 aliphatic heterocycles. The lowest BCUT2D eigenvalue weighted by molar-refractivity contribution is -0.128. The van der Waals surface area contributed by atoms with Gasteiger partial charge in [0.25, 0.3) is 0 Å². The molecule has 2 nitrogen and oxygen atoms in total. The molecule has 0 aromatic carbocycles. The van der Waals surface area contributed by atoms with Crippen LogP contribution in [0.3, 0.4) is 0 Å². The van der Waals surface area contributed by atoms with Gasteiger partial charge in [-0.05, 0) is 86.5 Å². The molecule has 0 spiro atoms. The number of allylic oxidation sites excluding steroid dienone is 1. The van der Waals surface area contributed by atoms with E-state index < -0.39 is 0 Å². The van der Waals surface area contributed by atoms with E-state index in [1.165, 1.54) is 31.3 Å². The summed E-state index contributed by atoms with van der Waals surface area (Å²) in [7, 11) is 0. The van der Waals surface area contributed by atoms with Crippen molar-refractivity contribution in [2.75, 3.05) is 0 Å². The van der Waals surface area contributed by atoms with E-state index in [1.807, 2.05) is 6.08 Å². The van der Waals surface area contributed by atoms with Crippen LogP contribution in [0.15, 0.2) is 11.6 Å². The predicted molar refractivity (Wildman–Crippen MR) is 99.0 cm³/mol. The SMILES string of the molecule is CC(=O)[C@H]1CC[C@H]2[C@@H]3CCC4=CC(=O)C(Br)C[C@]4(C)[C@H]3CC[C@]12C. The third kappa shape index (κ3) is 2.19. The summed E-state index contributed by atoms with van der Waals surface area (Å²) >= 11 is 3.62. The van der Waals surface area contributed by atoms with Crippen LogP contribution < -0.4 is 0 Å². The number of fused-ring (bicyclic) bond motifs is 5. The molecule has 0 aromatic rings. The molecule has 3 fully saturated rings. The molecule has 24 heavy (non-hydrogen) atoms. The van der Waals surface area contributed by atoms with Crippen LogP contribution in [0.1, 0.15) is 65.7 Å². The molecular formula is C21H29BrO2. The maximum Gasteiger partial charge on any atom is 0.169 e. The second-order valence-corrected chi connectivity index (χ2v) is 10.5. The van der Waals surface area contributed by atoms with E-state index in [1.54, 1.807) is 6.92 Å². The number of hydrogen-bond donors (Lipinski definition) is 0. The molecule has 1 unspecified atom stereocenters. The summed E-state index contributed by atoms with van der Waals surface area (Å²) in [5.74, 6) is 3.08. The monoisotopic (exact) mass is 392 g/mol. The molecule has 0 amide bonds. The van der Waals surface area contributed by atoms with Crippen LogP contribution in [-0.4, -0.2) is 16.4 Å². The summed E-state index contributed by atoms with van der Waals surface area (Å²) in [6.45, 7) is 6.62. The Hall–Kier alpha value is -0.440. The van der Waals surface area contributed by atoms with Crippen molar-refractivity contribution in [3.63, 3.8) is 0 Å². The van der Waals surface area contributed by atoms with Crippen LogP contribution in [0.5, 0.6) is 0 Å². The maximum atomic E-state index is 12.2. The zero-order chi connectivity index (χ0) is 17.3. The van der Waals surface area contributed by atoms with Crippen molar-refractivity contribution in [3.8, 4) is 0 Å². The van der Waals surface area contributed by atoms with Gasteiger partial charge in [0.1, 0.15) is 5.78 Å². The minimum absolute atomic E-state index is 0.00754. The van der Waals surface area contributed by atoms with E-state index in [9.17, 15) is 9.59 Å². The van der Waals surface area contributed by atoms with E-state index in [0.29, 0.717) is 17.6 Å². The van der Waals surface area contributed by atoms with Crippen LogP contribution in [0.2, 0.25) is 0 Å². The lowest BCUT2D eigenvalue weighted by Gasteiger charge is -2.58. The van der Waals surface area contributed by atoms with Crippen molar-refractivity contribution in [2.45, 2.75) is 70.5 Å². The number of alkyl halides is 1. The van der Waals surface area contributed by atoms with Crippen molar-refractivity contribution in [1.82, 2.24) is 0 Å². The topological polar surface area (TPSA) is 34.1 Å². The summed E-state index contributed by atoms with van der Waals surface area (Å²) < 4.78 is 0. The van der Waals surface area contributed by atoms with Gasteiger partial charge in [0.05, 0.1) is 4.83 Å². The minimum Gasteiger partial charge on any atom is -0.300 e. The summed E-state index contributed by atoms with van der Waals surface area (Å²) in [5, 5.41) is 0. The first-order valence-electron chi connectivity index (χ1n) is 9.67. The van der Waals surface area contributed by atoms with Crippen molar-refractivity contribution >= 4 is 27.5 Å². The summed E-state index contributed by atoms with van der Waals surface area (Å²) in [5.41, 5.74) is 1.82. The Kier molecular flexibility index (Phi) is 3.91. The Bertz CT molecular complexity index is 623. The molecule has 4 rings (SSSR count). The molecule has 7 atom stereocenters. The number of ketones is 2. The normalized spacial score (nSPS) is 50.6. The van der Waals surface area contributed by atoms with Crippen molar-refractivity contribution in [3.05, 3.63) is 11.6 Å². The molecule has 0 aromatic heterocycles. The molecule has 4 aliphatic carbocycles. The molecule has 4 aliphatic rings. The van der Waals surface area contributed by atoms with E-state index >= 15 is 0 Å². The first-order valence-corrected chi connectivity index (χ1v) is 10.6. The summed E-state index contributed by atoms with van der Waals surface area (Å²) in [4.78, 5) is 24.3. The van der Waals surface area contributed by atoms with E-state index in [4.69, 9.17) is 0 Å². The molecule has 3 saturated carbocycles. The number of halogens is 1. The Labute approximate surface area is 154 Å². The number of rotatable bonds is 1. The average Bonchev–Trinajstić information content (AvgIpc) is 2.86. The number of hydrogen-bond acceptors (Lipinski definition) is 2. The molecule has 0 bridgehead atoms. The van der Waals surface area contributed by atoms with Crippen molar-refractivity contribution in [1.29, 1.82) is 0 Å². The number of carbonyl (C=O) groups excluding carboxylic acids is 2. The van der Waals surface area contributed by atoms with E-state index in [-0.39, 0.29) is 27.4 Å². The summed E-state index contributed by atoms with van der Waals surface area (Å²) in [6, 6.07) is 0. The number of Topliss-reactive ketones (excluding diaryl/α,β-unsaturated/α-hetero) is 1. The predicted octanol–water partition coefficient (Wildman–Crippen LogP) is 5.10. The fraction of sp³-hybridized carbons (Fsp3) is 0.810. The van der Waals surface area contributed by atoms with Crippen LogP contribution in [0, 0.1) is 34.5 Å². The molecule has 3 heteroatoms. The average molecular weight is 393 g/mol. The Morgan fingerprint density at radius 1 is 1.17 bits per heavy atom. The lowest BCUT2D eigenvalue weighted by Crippen LogP contribution is -2.52. The van der Waals surface area contributed by atoms with Gasteiger partial charge in [-0.25, -0.2) is 0 Å². The van der Waals surface area contributed by atoms with Gasteiger partial charge in [0.15, 0.2) is 5.78 Å². The Morgan fingerprint density at radius 2 is 1.92 bits per heavy atom. The summed E-state index contributed by atoms with van der Waals surface area (Å²) in [6.07, 6.45) is 9.96. The highest BCUT2D eigenvalue weighted by atomic mass is 79.9. The zero-order valence-electron chi connectivity index (χ0n) is 15.1. The first kappa shape index (κ1) is 17.0. The molecule has 0 saturated heterocycles. The van der Waals surface area contributed by atoms with Crippen LogP contribution in [0.25, 0.3) is 0 Å². The van der Waals surface area contributed by atoms with Gasteiger partial charge < -0.3 is 0 Å². The van der Waals surface area contributed by atoms with Crippen molar-refractivity contribution in [2.24, 2.45) is 34.5 Å². The quantitative estimate of drug-likeness (QED) is 0.581. The Morgan fingerprint density at radius 3 is 2.62 bits per heavy atom. The van der Waals surface area contributed by atoms with Crippen molar-refractivity contribution < 1.29 is 9.59 Å². The zero-order valence-corrected chi connectivity index (χ0v) is 16.7. The molecule has 0 heterocycles. The highest BCUT2D eigenvalue weighted by Crippen LogP contribution is 2.66. The Balaban J connectivity index is 1.68. The second-order valence-electron chi connectivity index (χ2n) is 9.36. The highest BCUT2D eigenvalue weighted by molar-refractivity contribution is 9.10. The van der Waals surface area contributed by atoms with Crippen LogP contribution >= 0.6 is 15.9 Å². The van der Waals surface area contributed by atoms with Gasteiger partial charge in [-0.3, -0.25) is 9.59 Å². The molecular weight excluding hydrogens is 364 g/mol. The van der Waals surface area contributed by atoms with E-state index in [0.717, 1.165) is 25.2 Å². The maximum absolute atomic E-state index is 12.2. The van der Waals surface area contributed by atoms with Gasteiger partial charge in [-0.1, -0.05) is 35.4 Å². The van der Waals surface area contributed by atoms with E-state index in [2.05, 4.69) is 29.8 Å². The molecule has 0 radical (unpaired) electrons. The van der Waals surface area contributed by atoms with Gasteiger partial charge in [-0.15, -0.1) is 0 Å². The standard InChI is InChI=1S/C21H29BrO2/c1-12(23)15-6-7-16-14-5-4-13-10-19(24)18(22)11-21(13,3)17(14)8-9-20(15,16)2/h10,14-18H,4-9,11H2,1-3H3/t14-,15+,16-,17-,18?,20+,21-/m0/s1. The van der Waals surface area contributed by atoms with Gasteiger partial charge in [-0.2, -0.15) is 0 Å². The van der Waals surface area contributed by atoms with Gasteiger partial charge in [0, 0.05) is 5.92 Å². The highest BCUT2D eigenvalue weighted by Gasteiger charge is 2.60. The molecule has 132 valence electrons. The smallest absolute Gasteiger partial charge is 0.169 e. The van der Waals surface area contributed by atoms with Gasteiger partial charge >= 0.3 is 0 Å². The largest absolute Gasteiger partial charge is 0.300 e. The van der Waals surface area contributed by atoms with Crippen LogP contribution in [0.4, 0.5) is 0 Å². The minimum atomic E-state index is -0.00754. The second kappa shape index (κ2) is 5.53. The third-order valence-corrected chi connectivity index (χ3v) is 9.23. The lowest BCUT2D eigenvalue weighted by atomic mass is 9.46. The van der Waals surface area contributed by atoms with Gasteiger partial charge in [0.2, 0.25) is 0 Å². The van der Waals surface area contributed by atoms with Crippen LogP contribution in [-0.2, 0) is 9.59 Å². The first-order chi connectivity index (χ1) is 11.3. The fourth-order valence-electron chi connectivity index (χ4n) is 7.25. The molecule has 0 N–H and O–H groups in total. The third-order valence-electron chi connectivity index (χ3n) is 8.46. The number of carbonyl (C=O) groups is 2. The fourth-order valence-corrected chi connectivity index (χ4v) is 8.05.